The zero-order valence-corrected chi connectivity index (χ0v) is 24.1. The van der Waals surface area contributed by atoms with E-state index in [9.17, 15) is 10.1 Å². The van der Waals surface area contributed by atoms with E-state index in [0.717, 1.165) is 49.0 Å². The van der Waals surface area contributed by atoms with Gasteiger partial charge in [-0.2, -0.15) is 5.26 Å². The summed E-state index contributed by atoms with van der Waals surface area (Å²) in [4.78, 5) is 13.8. The molecule has 0 heterocycles. The van der Waals surface area contributed by atoms with Gasteiger partial charge in [-0.05, 0) is 92.7 Å². The van der Waals surface area contributed by atoms with E-state index in [4.69, 9.17) is 18.9 Å². The van der Waals surface area contributed by atoms with Gasteiger partial charge >= 0.3 is 0 Å². The van der Waals surface area contributed by atoms with Gasteiger partial charge in [0, 0.05) is 6.54 Å². The number of likely N-dealkylation sites (N-methyl/N-ethyl adjacent to an activating group) is 1. The molecule has 0 aliphatic heterocycles. The Kier molecular flexibility index (Phi) is 11.7. The maximum Gasteiger partial charge on any atom is 0.161 e. The third kappa shape index (κ3) is 7.52. The lowest BCUT2D eigenvalue weighted by atomic mass is 9.69. The van der Waals surface area contributed by atoms with Gasteiger partial charge in [0.25, 0.3) is 0 Å². The van der Waals surface area contributed by atoms with Crippen molar-refractivity contribution in [3.8, 4) is 29.1 Å². The molecule has 0 aromatic heterocycles. The van der Waals surface area contributed by atoms with Gasteiger partial charge in [-0.1, -0.05) is 26.0 Å². The highest BCUT2D eigenvalue weighted by Crippen LogP contribution is 2.40. The van der Waals surface area contributed by atoms with Crippen molar-refractivity contribution >= 4 is 11.9 Å². The number of ether oxygens (including phenoxy) is 4. The Labute approximate surface area is 228 Å². The van der Waals surface area contributed by atoms with Crippen LogP contribution in [-0.2, 0) is 16.6 Å². The minimum absolute atomic E-state index is 0.0107. The van der Waals surface area contributed by atoms with Crippen LogP contribution in [0.2, 0.25) is 0 Å². The number of nitriles is 1. The van der Waals surface area contributed by atoms with Crippen LogP contribution in [0.15, 0.2) is 36.4 Å². The molecule has 2 aromatic carbocycles. The first-order chi connectivity index (χ1) is 18.1. The molecule has 2 rings (SSSR count). The van der Waals surface area contributed by atoms with Gasteiger partial charge in [0.1, 0.15) is 0 Å². The zero-order chi connectivity index (χ0) is 28.3. The van der Waals surface area contributed by atoms with Crippen LogP contribution in [0.3, 0.4) is 0 Å². The van der Waals surface area contributed by atoms with Crippen LogP contribution >= 0.6 is 0 Å². The number of methoxy groups -OCH3 is 4. The topological polar surface area (TPSA) is 81.0 Å². The maximum atomic E-state index is 11.5. The van der Waals surface area contributed by atoms with E-state index in [-0.39, 0.29) is 11.7 Å². The number of rotatable bonds is 15. The Bertz CT molecular complexity index is 1150. The van der Waals surface area contributed by atoms with Crippen molar-refractivity contribution in [2.75, 3.05) is 48.6 Å². The summed E-state index contributed by atoms with van der Waals surface area (Å²) >= 11 is 0. The normalized spacial score (nSPS) is 12.9. The van der Waals surface area contributed by atoms with Crippen molar-refractivity contribution in [1.29, 1.82) is 5.26 Å². The van der Waals surface area contributed by atoms with Gasteiger partial charge in [-0.15, -0.1) is 0 Å². The number of carbonyl (C=O) groups excluding carboxylic acids is 1. The number of hydrogen-bond donors (Lipinski definition) is 0. The number of carbonyl (C=O) groups is 1. The molecule has 0 spiro atoms. The zero-order valence-electron chi connectivity index (χ0n) is 24.1. The highest BCUT2D eigenvalue weighted by Gasteiger charge is 2.36. The largest absolute Gasteiger partial charge is 0.493 e. The highest BCUT2D eigenvalue weighted by atomic mass is 16.5. The van der Waals surface area contributed by atoms with Gasteiger partial charge in [0.2, 0.25) is 0 Å². The standard InChI is InChI=1S/C31H42N2O5/c1-22(2)31(21-32,26-12-13-27(35-5)30(20-26)38-8)15-9-16-33(4)17-14-25-19-29(37-7)28(36-6)18-24(25)11-10-23(3)34/h10-13,18-20,22H,9,14-17H2,1-8H3. The van der Waals surface area contributed by atoms with Crippen LogP contribution in [0.4, 0.5) is 0 Å². The molecule has 0 radical (unpaired) electrons. The van der Waals surface area contributed by atoms with Crippen molar-refractivity contribution in [1.82, 2.24) is 4.90 Å². The molecular weight excluding hydrogens is 480 g/mol. The Morgan fingerprint density at radius 2 is 1.58 bits per heavy atom. The molecule has 0 bridgehead atoms. The van der Waals surface area contributed by atoms with Gasteiger partial charge in [-0.3, -0.25) is 4.79 Å². The van der Waals surface area contributed by atoms with Gasteiger partial charge in [0.15, 0.2) is 28.8 Å². The third-order valence-electron chi connectivity index (χ3n) is 7.10. The lowest BCUT2D eigenvalue weighted by Crippen LogP contribution is -2.32. The Balaban J connectivity index is 2.14. The molecule has 2 aromatic rings. The van der Waals surface area contributed by atoms with E-state index in [1.807, 2.05) is 36.4 Å². The second-order valence-electron chi connectivity index (χ2n) is 9.81. The van der Waals surface area contributed by atoms with Crippen molar-refractivity contribution in [3.63, 3.8) is 0 Å². The fraction of sp³-hybridized carbons (Fsp3) is 0.484. The monoisotopic (exact) mass is 522 g/mol. The number of benzene rings is 2. The molecule has 0 fully saturated rings. The molecule has 0 aliphatic carbocycles. The number of allylic oxidation sites excluding steroid dienone is 1. The smallest absolute Gasteiger partial charge is 0.161 e. The first-order valence-electron chi connectivity index (χ1n) is 12.9. The van der Waals surface area contributed by atoms with Crippen molar-refractivity contribution < 1.29 is 23.7 Å². The molecule has 0 saturated heterocycles. The van der Waals surface area contributed by atoms with Gasteiger partial charge < -0.3 is 23.8 Å². The molecule has 1 unspecified atom stereocenters. The fourth-order valence-electron chi connectivity index (χ4n) is 4.70. The van der Waals surface area contributed by atoms with Gasteiger partial charge in [-0.25, -0.2) is 0 Å². The van der Waals surface area contributed by atoms with E-state index < -0.39 is 5.41 Å². The lowest BCUT2D eigenvalue weighted by molar-refractivity contribution is -0.112. The predicted molar refractivity (Wildman–Crippen MR) is 151 cm³/mol. The summed E-state index contributed by atoms with van der Waals surface area (Å²) in [6.07, 6.45) is 5.75. The number of ketones is 1. The van der Waals surface area contributed by atoms with Crippen LogP contribution < -0.4 is 18.9 Å². The summed E-state index contributed by atoms with van der Waals surface area (Å²) in [7, 11) is 8.53. The van der Waals surface area contributed by atoms with Crippen molar-refractivity contribution in [3.05, 3.63) is 53.1 Å². The molecule has 0 aliphatic rings. The van der Waals surface area contributed by atoms with Gasteiger partial charge in [0.05, 0.1) is 39.9 Å². The molecular formula is C31H42N2O5. The summed E-state index contributed by atoms with van der Waals surface area (Å²) in [6.45, 7) is 7.38. The summed E-state index contributed by atoms with van der Waals surface area (Å²) in [6, 6.07) is 12.3. The van der Waals surface area contributed by atoms with E-state index in [2.05, 4.69) is 31.9 Å². The Morgan fingerprint density at radius 3 is 2.13 bits per heavy atom. The molecule has 0 N–H and O–H groups in total. The summed E-state index contributed by atoms with van der Waals surface area (Å²) in [5, 5.41) is 10.3. The minimum Gasteiger partial charge on any atom is -0.493 e. The predicted octanol–water partition coefficient (Wildman–Crippen LogP) is 5.70. The van der Waals surface area contributed by atoms with Crippen LogP contribution in [0.1, 0.15) is 50.3 Å². The van der Waals surface area contributed by atoms with Crippen LogP contribution in [-0.4, -0.2) is 59.3 Å². The second kappa shape index (κ2) is 14.4. The SMILES string of the molecule is COc1ccc(C(C#N)(CCCN(C)CCc2cc(OC)c(OC)cc2C=CC(C)=O)C(C)C)cc1OC. The van der Waals surface area contributed by atoms with E-state index in [1.165, 1.54) is 6.92 Å². The molecule has 38 heavy (non-hydrogen) atoms. The third-order valence-corrected chi connectivity index (χ3v) is 7.10. The quantitative estimate of drug-likeness (QED) is 0.278. The first kappa shape index (κ1) is 30.7. The average Bonchev–Trinajstić information content (AvgIpc) is 2.92. The van der Waals surface area contributed by atoms with E-state index in [1.54, 1.807) is 34.5 Å². The van der Waals surface area contributed by atoms with Crippen molar-refractivity contribution in [2.24, 2.45) is 5.92 Å². The molecule has 1 atom stereocenters. The first-order valence-corrected chi connectivity index (χ1v) is 12.9. The Morgan fingerprint density at radius 1 is 0.974 bits per heavy atom. The molecule has 206 valence electrons. The summed E-state index contributed by atoms with van der Waals surface area (Å²) in [5.74, 6) is 2.69. The van der Waals surface area contributed by atoms with E-state index in [0.29, 0.717) is 23.0 Å². The van der Waals surface area contributed by atoms with E-state index >= 15 is 0 Å². The molecule has 0 amide bonds. The number of hydrogen-bond acceptors (Lipinski definition) is 7. The van der Waals surface area contributed by atoms with Crippen LogP contribution in [0.5, 0.6) is 23.0 Å². The highest BCUT2D eigenvalue weighted by molar-refractivity contribution is 5.91. The molecule has 7 nitrogen and oxygen atoms in total. The minimum atomic E-state index is -0.631. The molecule has 7 heteroatoms. The number of nitrogens with zero attached hydrogens (tertiary/aromatic N) is 2. The lowest BCUT2D eigenvalue weighted by Gasteiger charge is -2.32. The summed E-state index contributed by atoms with van der Waals surface area (Å²) in [5.41, 5.74) is 2.32. The molecule has 0 saturated carbocycles. The fourth-order valence-corrected chi connectivity index (χ4v) is 4.70. The summed E-state index contributed by atoms with van der Waals surface area (Å²) < 4.78 is 21.8. The Hall–Kier alpha value is -3.50. The van der Waals surface area contributed by atoms with Crippen LogP contribution in [0.25, 0.3) is 6.08 Å². The second-order valence-corrected chi connectivity index (χ2v) is 9.81. The average molecular weight is 523 g/mol. The van der Waals surface area contributed by atoms with Crippen molar-refractivity contribution in [2.45, 2.75) is 45.4 Å². The maximum absolute atomic E-state index is 11.5. The van der Waals surface area contributed by atoms with Crippen LogP contribution in [0, 0.1) is 17.2 Å².